The molecule has 0 saturated heterocycles. The molecule has 108 valence electrons. The third-order valence-electron chi connectivity index (χ3n) is 3.31. The molecule has 1 unspecified atom stereocenters. The number of aromatic nitrogens is 6. The molecule has 0 bridgehead atoms. The van der Waals surface area contributed by atoms with Gasteiger partial charge >= 0.3 is 0 Å². The minimum absolute atomic E-state index is 0.167. The lowest BCUT2D eigenvalue weighted by atomic mass is 10.1. The Balaban J connectivity index is 2.18. The molecule has 3 aromatic heterocycles. The van der Waals surface area contributed by atoms with E-state index in [1.165, 1.54) is 11.0 Å². The van der Waals surface area contributed by atoms with Gasteiger partial charge in [0.05, 0.1) is 17.6 Å². The fourth-order valence-corrected chi connectivity index (χ4v) is 2.83. The maximum Gasteiger partial charge on any atom is 0.266 e. The number of nitrogens with two attached hydrogens (primary N) is 1. The van der Waals surface area contributed by atoms with Gasteiger partial charge < -0.3 is 5.73 Å². The molecule has 0 aliphatic heterocycles. The van der Waals surface area contributed by atoms with Gasteiger partial charge in [-0.2, -0.15) is 10.2 Å². The van der Waals surface area contributed by atoms with Crippen LogP contribution in [0.25, 0.3) is 11.0 Å². The summed E-state index contributed by atoms with van der Waals surface area (Å²) in [5.41, 5.74) is 7.11. The van der Waals surface area contributed by atoms with Crippen molar-refractivity contribution >= 4 is 39.4 Å². The molecule has 9 heteroatoms. The van der Waals surface area contributed by atoms with Gasteiger partial charge in [-0.05, 0) is 29.5 Å². The van der Waals surface area contributed by atoms with Gasteiger partial charge in [-0.25, -0.2) is 19.3 Å². The number of anilines is 1. The highest BCUT2D eigenvalue weighted by atomic mass is 127. The lowest BCUT2D eigenvalue weighted by Gasteiger charge is -2.13. The second kappa shape index (κ2) is 5.06. The van der Waals surface area contributed by atoms with Crippen molar-refractivity contribution in [2.45, 2.75) is 13.0 Å². The minimum Gasteiger partial charge on any atom is -0.383 e. The molecule has 0 radical (unpaired) electrons. The Labute approximate surface area is 133 Å². The summed E-state index contributed by atoms with van der Waals surface area (Å²) in [6, 6.07) is 1.36. The van der Waals surface area contributed by atoms with E-state index in [1.807, 2.05) is 6.92 Å². The predicted octanol–water partition coefficient (Wildman–Crippen LogP) is 0.716. The van der Waals surface area contributed by atoms with E-state index in [1.54, 1.807) is 24.0 Å². The van der Waals surface area contributed by atoms with Crippen LogP contribution in [-0.2, 0) is 7.05 Å². The second-order valence-corrected chi connectivity index (χ2v) is 5.64. The van der Waals surface area contributed by atoms with Gasteiger partial charge in [0.25, 0.3) is 5.56 Å². The van der Waals surface area contributed by atoms with E-state index in [0.717, 1.165) is 14.7 Å². The van der Waals surface area contributed by atoms with Gasteiger partial charge in [-0.1, -0.05) is 0 Å². The molecule has 0 aliphatic carbocycles. The Morgan fingerprint density at radius 2 is 2.14 bits per heavy atom. The standard InChI is InChI=1S/C12H12IN7O/c1-6(7-3-8(21)19(2)17-4-7)20-12-9(10(13)18-20)11(14)15-5-16-12/h3-6H,1-2H3,(H2,14,15,16). The first-order valence-corrected chi connectivity index (χ1v) is 7.24. The van der Waals surface area contributed by atoms with Crippen LogP contribution >= 0.6 is 22.6 Å². The van der Waals surface area contributed by atoms with E-state index >= 15 is 0 Å². The summed E-state index contributed by atoms with van der Waals surface area (Å²) in [6.07, 6.45) is 3.05. The molecule has 3 heterocycles. The van der Waals surface area contributed by atoms with Crippen LogP contribution in [0.4, 0.5) is 5.82 Å². The topological polar surface area (TPSA) is 105 Å². The first kappa shape index (κ1) is 13.9. The normalized spacial score (nSPS) is 12.7. The van der Waals surface area contributed by atoms with Crippen molar-refractivity contribution in [1.29, 1.82) is 0 Å². The van der Waals surface area contributed by atoms with Crippen LogP contribution in [0, 0.1) is 3.70 Å². The molecule has 0 saturated carbocycles. The third kappa shape index (κ3) is 2.26. The fourth-order valence-electron chi connectivity index (χ4n) is 2.08. The number of nitrogens with zero attached hydrogens (tertiary/aromatic N) is 6. The molecule has 0 amide bonds. The highest BCUT2D eigenvalue weighted by Gasteiger charge is 2.19. The first-order valence-electron chi connectivity index (χ1n) is 6.16. The number of hydrogen-bond acceptors (Lipinski definition) is 6. The zero-order chi connectivity index (χ0) is 15.1. The van der Waals surface area contributed by atoms with E-state index in [-0.39, 0.29) is 11.6 Å². The fraction of sp³-hybridized carbons (Fsp3) is 0.250. The van der Waals surface area contributed by atoms with Gasteiger partial charge in [-0.15, -0.1) is 0 Å². The summed E-state index contributed by atoms with van der Waals surface area (Å²) < 4.78 is 3.73. The Hall–Kier alpha value is -2.04. The average Bonchev–Trinajstić information content (AvgIpc) is 2.80. The van der Waals surface area contributed by atoms with Gasteiger partial charge in [0, 0.05) is 18.7 Å². The lowest BCUT2D eigenvalue weighted by Crippen LogP contribution is -2.21. The summed E-state index contributed by atoms with van der Waals surface area (Å²) in [7, 11) is 1.61. The summed E-state index contributed by atoms with van der Waals surface area (Å²) in [6.45, 7) is 1.93. The van der Waals surface area contributed by atoms with Crippen LogP contribution in [0.1, 0.15) is 18.5 Å². The summed E-state index contributed by atoms with van der Waals surface area (Å²) in [5, 5.41) is 9.22. The van der Waals surface area contributed by atoms with Crippen molar-refractivity contribution in [2.24, 2.45) is 7.05 Å². The Bertz CT molecular complexity index is 885. The Morgan fingerprint density at radius 1 is 1.38 bits per heavy atom. The number of fused-ring (bicyclic) bond motifs is 1. The maximum absolute atomic E-state index is 11.7. The minimum atomic E-state index is -0.188. The van der Waals surface area contributed by atoms with E-state index in [0.29, 0.717) is 11.5 Å². The molecule has 8 nitrogen and oxygen atoms in total. The molecule has 0 aromatic carbocycles. The maximum atomic E-state index is 11.7. The zero-order valence-electron chi connectivity index (χ0n) is 11.4. The summed E-state index contributed by atoms with van der Waals surface area (Å²) in [4.78, 5) is 20.0. The van der Waals surface area contributed by atoms with Crippen molar-refractivity contribution < 1.29 is 0 Å². The zero-order valence-corrected chi connectivity index (χ0v) is 13.5. The summed E-state index contributed by atoms with van der Waals surface area (Å²) in [5.74, 6) is 0.393. The summed E-state index contributed by atoms with van der Waals surface area (Å²) >= 11 is 2.10. The second-order valence-electron chi connectivity index (χ2n) is 4.62. The van der Waals surface area contributed by atoms with Crippen LogP contribution in [0.2, 0.25) is 0 Å². The van der Waals surface area contributed by atoms with Crippen LogP contribution in [-0.4, -0.2) is 29.5 Å². The largest absolute Gasteiger partial charge is 0.383 e. The number of rotatable bonds is 2. The van der Waals surface area contributed by atoms with Gasteiger partial charge in [0.2, 0.25) is 0 Å². The van der Waals surface area contributed by atoms with Gasteiger partial charge in [-0.3, -0.25) is 4.79 Å². The highest BCUT2D eigenvalue weighted by molar-refractivity contribution is 14.1. The van der Waals surface area contributed by atoms with Gasteiger partial charge in [0.1, 0.15) is 15.8 Å². The molecular weight excluding hydrogens is 385 g/mol. The molecule has 21 heavy (non-hydrogen) atoms. The van der Waals surface area contributed by atoms with Gasteiger partial charge in [0.15, 0.2) is 5.65 Å². The Morgan fingerprint density at radius 3 is 2.86 bits per heavy atom. The molecular formula is C12H12IN7O. The first-order chi connectivity index (χ1) is 9.99. The molecule has 3 rings (SSSR count). The number of nitrogen functional groups attached to an aromatic ring is 1. The SMILES string of the molecule is CC(c1cnn(C)c(=O)c1)n1nc(I)c2c(N)ncnc21. The third-order valence-corrected chi connectivity index (χ3v) is 4.07. The van der Waals surface area contributed by atoms with Crippen molar-refractivity contribution in [3.8, 4) is 0 Å². The molecule has 0 fully saturated rings. The molecule has 2 N–H and O–H groups in total. The van der Waals surface area contributed by atoms with Crippen LogP contribution in [0.5, 0.6) is 0 Å². The van der Waals surface area contributed by atoms with Crippen LogP contribution in [0.15, 0.2) is 23.4 Å². The quantitative estimate of drug-likeness (QED) is 0.639. The Kier molecular flexibility index (Phi) is 3.35. The number of halogens is 1. The van der Waals surface area contributed by atoms with Crippen LogP contribution < -0.4 is 11.3 Å². The van der Waals surface area contributed by atoms with Crippen molar-refractivity contribution in [3.63, 3.8) is 0 Å². The van der Waals surface area contributed by atoms with Crippen molar-refractivity contribution in [2.75, 3.05) is 5.73 Å². The van der Waals surface area contributed by atoms with Crippen LogP contribution in [0.3, 0.4) is 0 Å². The van der Waals surface area contributed by atoms with E-state index < -0.39 is 0 Å². The average molecular weight is 397 g/mol. The molecule has 0 spiro atoms. The molecule has 1 atom stereocenters. The monoisotopic (exact) mass is 397 g/mol. The smallest absolute Gasteiger partial charge is 0.266 e. The van der Waals surface area contributed by atoms with Crippen molar-refractivity contribution in [1.82, 2.24) is 29.5 Å². The lowest BCUT2D eigenvalue weighted by molar-refractivity contribution is 0.564. The van der Waals surface area contributed by atoms with E-state index in [2.05, 4.69) is 42.8 Å². The van der Waals surface area contributed by atoms with Crippen molar-refractivity contribution in [3.05, 3.63) is 38.2 Å². The molecule has 0 aliphatic rings. The van der Waals surface area contributed by atoms with E-state index in [9.17, 15) is 4.79 Å². The van der Waals surface area contributed by atoms with E-state index in [4.69, 9.17) is 5.73 Å². The number of aryl methyl sites for hydroxylation is 1. The highest BCUT2D eigenvalue weighted by Crippen LogP contribution is 2.26. The number of hydrogen-bond donors (Lipinski definition) is 1. The predicted molar refractivity (Wildman–Crippen MR) is 85.7 cm³/mol. The molecule has 3 aromatic rings.